The topological polar surface area (TPSA) is 421 Å². The number of hydrogen-bond donors (Lipinski definition) is 15. The number of fused-ring (bicyclic) bond motifs is 7. The number of carbonyl (C=O) groups excluding carboxylic acids is 1. The van der Waals surface area contributed by atoms with E-state index in [1.54, 1.807) is 19.9 Å². The Morgan fingerprint density at radius 2 is 1.20 bits per heavy atom. The highest BCUT2D eigenvalue weighted by molar-refractivity contribution is 5.87. The SMILES string of the molecule is C/C=C(\C)C(=O)OC[C@@]12[C@H](O)C[C@@]3(C)C(=CC[C@@H]4[C@@]5(C)CC[C@@H](O[C@H]6O[C@@H](C(=O)O)[C@H](O)[C@@H](O[C@H]7O[C@@H](CO)[C@H](O)[C@@H](O[C@H]8O[C@@H](C)[C@H](O)[C@@H](O)[C@@H]8O)[C@@H]7O)[C@@H]6O[C@H]6O[C@@H](CO)[C@H](O)[C@@H](O)[C@@H]6O)C(C)(C)[C@@H]5CC[C@]43C)[C@H]1CC(C)(C)[C@H](O)[C@H]2O. The molecule has 0 unspecified atom stereocenters. The van der Waals surface area contributed by atoms with E-state index in [-0.39, 0.29) is 24.9 Å². The summed E-state index contributed by atoms with van der Waals surface area (Å²) in [6, 6.07) is 0. The maximum Gasteiger partial charge on any atom is 0.335 e. The number of ether oxygens (including phenoxy) is 9. The Labute approximate surface area is 494 Å². The van der Waals surface area contributed by atoms with Gasteiger partial charge in [-0.1, -0.05) is 66.2 Å². The largest absolute Gasteiger partial charge is 0.479 e. The second-order valence-corrected chi connectivity index (χ2v) is 27.9. The lowest BCUT2D eigenvalue weighted by Gasteiger charge is -2.72. The minimum absolute atomic E-state index is 0.00350. The minimum Gasteiger partial charge on any atom is -0.479 e. The van der Waals surface area contributed by atoms with E-state index in [0.717, 1.165) is 5.57 Å². The van der Waals surface area contributed by atoms with Crippen molar-refractivity contribution < 1.29 is 129 Å². The summed E-state index contributed by atoms with van der Waals surface area (Å²) >= 11 is 0. The van der Waals surface area contributed by atoms with Gasteiger partial charge in [0.25, 0.3) is 0 Å². The molecule has 0 aromatic rings. The van der Waals surface area contributed by atoms with Crippen LogP contribution in [-0.4, -0.2) is 256 Å². The summed E-state index contributed by atoms with van der Waals surface area (Å²) < 4.78 is 54.5. The number of carbonyl (C=O) groups is 2. The zero-order chi connectivity index (χ0) is 62.7. The number of esters is 1. The summed E-state index contributed by atoms with van der Waals surface area (Å²) in [4.78, 5) is 26.4. The number of rotatable bonds is 14. The molecule has 0 spiro atoms. The van der Waals surface area contributed by atoms with Crippen LogP contribution < -0.4 is 0 Å². The third kappa shape index (κ3) is 10.9. The van der Waals surface area contributed by atoms with Gasteiger partial charge in [0.1, 0.15) is 92.1 Å². The molecular formula is C59H94O26. The summed E-state index contributed by atoms with van der Waals surface area (Å²) in [5.41, 5.74) is -3.09. The molecule has 9 rings (SSSR count). The first-order chi connectivity index (χ1) is 39.6. The maximum atomic E-state index is 13.2. The molecule has 5 aliphatic carbocycles. The van der Waals surface area contributed by atoms with Gasteiger partial charge >= 0.3 is 11.9 Å². The zero-order valence-corrected chi connectivity index (χ0v) is 50.0. The second-order valence-electron chi connectivity index (χ2n) is 27.9. The number of aliphatic hydroxyl groups excluding tert-OH is 14. The molecule has 4 saturated carbocycles. The van der Waals surface area contributed by atoms with Crippen molar-refractivity contribution >= 4 is 11.9 Å². The van der Waals surface area contributed by atoms with Crippen LogP contribution in [-0.2, 0) is 52.2 Å². The fourth-order valence-corrected chi connectivity index (χ4v) is 17.2. The van der Waals surface area contributed by atoms with Crippen molar-refractivity contribution in [1.29, 1.82) is 0 Å². The highest BCUT2D eigenvalue weighted by atomic mass is 16.8. The number of allylic oxidation sites excluding steroid dienone is 3. The number of carboxylic acid groups (broad SMARTS) is 1. The van der Waals surface area contributed by atoms with Crippen molar-refractivity contribution in [1.82, 2.24) is 0 Å². The quantitative estimate of drug-likeness (QED) is 0.0387. The molecular weight excluding hydrogens is 1120 g/mol. The number of aliphatic hydroxyl groups is 14. The molecule has 4 aliphatic heterocycles. The van der Waals surface area contributed by atoms with E-state index < -0.39 is 211 Å². The van der Waals surface area contributed by atoms with Crippen molar-refractivity contribution in [3.63, 3.8) is 0 Å². The molecule has 0 aromatic heterocycles. The molecule has 85 heavy (non-hydrogen) atoms. The molecule has 0 bridgehead atoms. The van der Waals surface area contributed by atoms with Gasteiger partial charge in [-0.05, 0) is 111 Å². The molecule has 486 valence electrons. The average Bonchev–Trinajstić information content (AvgIpc) is 0.691. The maximum absolute atomic E-state index is 13.2. The highest BCUT2D eigenvalue weighted by Gasteiger charge is 2.73. The van der Waals surface area contributed by atoms with Crippen molar-refractivity contribution in [2.75, 3.05) is 19.8 Å². The van der Waals surface area contributed by atoms with Crippen LogP contribution in [0.4, 0.5) is 0 Å². The van der Waals surface area contributed by atoms with Gasteiger partial charge in [0.05, 0.1) is 49.1 Å². The summed E-state index contributed by atoms with van der Waals surface area (Å²) in [5, 5.41) is 168. The summed E-state index contributed by atoms with van der Waals surface area (Å²) in [7, 11) is 0. The molecule has 15 N–H and O–H groups in total. The van der Waals surface area contributed by atoms with Crippen LogP contribution >= 0.6 is 0 Å². The lowest BCUT2D eigenvalue weighted by molar-refractivity contribution is -0.402. The third-order valence-electron chi connectivity index (χ3n) is 22.7. The molecule has 4 saturated heterocycles. The highest BCUT2D eigenvalue weighted by Crippen LogP contribution is 2.76. The molecule has 0 amide bonds. The van der Waals surface area contributed by atoms with E-state index in [1.807, 2.05) is 27.7 Å². The van der Waals surface area contributed by atoms with Gasteiger partial charge in [-0.15, -0.1) is 0 Å². The molecule has 26 nitrogen and oxygen atoms in total. The van der Waals surface area contributed by atoms with E-state index in [2.05, 4.69) is 26.8 Å². The number of hydrogen-bond acceptors (Lipinski definition) is 25. The van der Waals surface area contributed by atoms with E-state index >= 15 is 0 Å². The zero-order valence-electron chi connectivity index (χ0n) is 50.0. The van der Waals surface area contributed by atoms with Crippen molar-refractivity contribution in [3.8, 4) is 0 Å². The van der Waals surface area contributed by atoms with Gasteiger partial charge in [-0.25, -0.2) is 9.59 Å². The van der Waals surface area contributed by atoms with Crippen LogP contribution in [0.25, 0.3) is 0 Å². The predicted octanol–water partition coefficient (Wildman–Crippen LogP) is -2.01. The van der Waals surface area contributed by atoms with Gasteiger partial charge in [-0.3, -0.25) is 0 Å². The second kappa shape index (κ2) is 24.3. The Balaban J connectivity index is 1.03. The fourth-order valence-electron chi connectivity index (χ4n) is 17.2. The summed E-state index contributed by atoms with van der Waals surface area (Å²) in [6.45, 7) is 17.1. The Hall–Kier alpha value is -2.46. The van der Waals surface area contributed by atoms with E-state index in [9.17, 15) is 86.2 Å². The van der Waals surface area contributed by atoms with Crippen LogP contribution in [0, 0.1) is 50.2 Å². The molecule has 4 heterocycles. The molecule has 8 fully saturated rings. The molecule has 31 atom stereocenters. The smallest absolute Gasteiger partial charge is 0.335 e. The fraction of sp³-hybridized carbons (Fsp3) is 0.898. The molecule has 26 heteroatoms. The lowest BCUT2D eigenvalue weighted by atomic mass is 9.33. The van der Waals surface area contributed by atoms with Crippen LogP contribution in [0.3, 0.4) is 0 Å². The van der Waals surface area contributed by atoms with E-state index in [1.165, 1.54) is 6.92 Å². The number of carboxylic acids is 1. The standard InChI is InChI=1S/C59H94O26/c1-11-23(2)49(76)77-22-59-26(18-54(4,5)46(72)47(59)73)25-12-13-30-56(8)16-15-32(55(6,7)29(56)14-17-57(30,9)58(25,10)19-31(59)62)81-53-45(85-51-39(69)37(67)34(64)27(20-60)79-51)43(40(70)44(84-53)48(74)75)83-52-41(71)42(35(65)28(21-61)80-52)82-50-38(68)36(66)33(63)24(3)78-50/h11-12,24,26-47,50-53,60-73H,13-22H2,1-10H3,(H,74,75)/b23-11+/t24-,26+,27-,28-,29-,30+,31+,32+,33-,34-,35-,36+,37+,38-,39-,40+,41-,42+,43+,44+,45-,46+,47+,50+,51+,52+,53-,56-,57+,58-,59-/m0/s1. The first kappa shape index (κ1) is 66.9. The average molecular weight is 1220 g/mol. The third-order valence-corrected chi connectivity index (χ3v) is 22.7. The van der Waals surface area contributed by atoms with Gasteiger partial charge < -0.3 is 119 Å². The number of aliphatic carboxylic acids is 1. The molecule has 0 aromatic carbocycles. The monoisotopic (exact) mass is 1220 g/mol. The Morgan fingerprint density at radius 1 is 0.624 bits per heavy atom. The van der Waals surface area contributed by atoms with Gasteiger partial charge in [0.2, 0.25) is 0 Å². The Morgan fingerprint density at radius 3 is 1.81 bits per heavy atom. The molecule has 9 aliphatic rings. The van der Waals surface area contributed by atoms with Gasteiger partial charge in [-0.2, -0.15) is 0 Å². The first-order valence-electron chi connectivity index (χ1n) is 30.0. The van der Waals surface area contributed by atoms with E-state index in [4.69, 9.17) is 42.6 Å². The van der Waals surface area contributed by atoms with Crippen LogP contribution in [0.1, 0.15) is 114 Å². The molecule has 0 radical (unpaired) electrons. The van der Waals surface area contributed by atoms with Crippen molar-refractivity contribution in [2.45, 2.75) is 261 Å². The Bertz CT molecular complexity index is 2460. The van der Waals surface area contributed by atoms with Crippen LogP contribution in [0.5, 0.6) is 0 Å². The minimum atomic E-state index is -2.26. The van der Waals surface area contributed by atoms with Crippen molar-refractivity contribution in [2.24, 2.45) is 50.2 Å². The van der Waals surface area contributed by atoms with E-state index in [0.29, 0.717) is 44.1 Å². The normalized spacial score (nSPS) is 52.4. The summed E-state index contributed by atoms with van der Waals surface area (Å²) in [6.07, 6.45) is -35.0. The predicted molar refractivity (Wildman–Crippen MR) is 289 cm³/mol. The summed E-state index contributed by atoms with van der Waals surface area (Å²) in [5.74, 6) is -2.89. The lowest BCUT2D eigenvalue weighted by Crippen LogP contribution is -2.72. The van der Waals surface area contributed by atoms with Crippen LogP contribution in [0.15, 0.2) is 23.3 Å². The Kier molecular flexibility index (Phi) is 19.1. The first-order valence-corrected chi connectivity index (χ1v) is 30.0. The van der Waals surface area contributed by atoms with Crippen LogP contribution in [0.2, 0.25) is 0 Å². The van der Waals surface area contributed by atoms with Gasteiger partial charge in [0, 0.05) is 5.57 Å². The van der Waals surface area contributed by atoms with Gasteiger partial charge in [0.15, 0.2) is 31.3 Å². The van der Waals surface area contributed by atoms with Crippen molar-refractivity contribution in [3.05, 3.63) is 23.3 Å².